The molecule has 2 aromatic rings. The van der Waals surface area contributed by atoms with Gasteiger partial charge in [-0.25, -0.2) is 0 Å². The highest BCUT2D eigenvalue weighted by Crippen LogP contribution is 2.30. The second-order valence-corrected chi connectivity index (χ2v) is 4.96. The molecule has 2 aromatic carbocycles. The summed E-state index contributed by atoms with van der Waals surface area (Å²) in [5, 5.41) is 20.1. The van der Waals surface area contributed by atoms with Crippen molar-refractivity contribution in [1.29, 1.82) is 0 Å². The lowest BCUT2D eigenvalue weighted by molar-refractivity contribution is 0.145. The van der Waals surface area contributed by atoms with Crippen LogP contribution in [0.3, 0.4) is 0 Å². The fourth-order valence-electron chi connectivity index (χ4n) is 2.23. The Morgan fingerprint density at radius 2 is 1.86 bits per heavy atom. The Kier molecular flexibility index (Phi) is 5.20. The molecule has 0 saturated heterocycles. The van der Waals surface area contributed by atoms with E-state index in [1.165, 1.54) is 6.07 Å². The Hall–Kier alpha value is -2.04. The van der Waals surface area contributed by atoms with Crippen LogP contribution in [0.4, 0.5) is 0 Å². The van der Waals surface area contributed by atoms with Gasteiger partial charge in [-0.3, -0.25) is 0 Å². The molecule has 2 unspecified atom stereocenters. The first-order chi connectivity index (χ1) is 10.1. The van der Waals surface area contributed by atoms with E-state index in [0.29, 0.717) is 24.3 Å². The number of hydrogen-bond acceptors (Lipinski definition) is 4. The third-order valence-corrected chi connectivity index (χ3v) is 3.35. The first-order valence-electron chi connectivity index (χ1n) is 7.05. The van der Waals surface area contributed by atoms with E-state index in [-0.39, 0.29) is 5.75 Å². The van der Waals surface area contributed by atoms with Gasteiger partial charge in [0, 0.05) is 6.04 Å². The van der Waals surface area contributed by atoms with Gasteiger partial charge in [0.2, 0.25) is 0 Å². The summed E-state index contributed by atoms with van der Waals surface area (Å²) in [4.78, 5) is 0. The maximum Gasteiger partial charge on any atom is 0.161 e. The molecule has 0 aliphatic carbocycles. The Bertz CT molecular complexity index is 572. The quantitative estimate of drug-likeness (QED) is 0.762. The molecule has 0 spiro atoms. The lowest BCUT2D eigenvalue weighted by atomic mass is 9.96. The minimum absolute atomic E-state index is 0.0597. The van der Waals surface area contributed by atoms with Crippen LogP contribution in [0.2, 0.25) is 0 Å². The fourth-order valence-corrected chi connectivity index (χ4v) is 2.23. The first-order valence-corrected chi connectivity index (χ1v) is 7.05. The van der Waals surface area contributed by atoms with Gasteiger partial charge in [-0.05, 0) is 36.6 Å². The van der Waals surface area contributed by atoms with Crippen LogP contribution in [0.5, 0.6) is 11.5 Å². The van der Waals surface area contributed by atoms with Gasteiger partial charge in [0.1, 0.15) is 0 Å². The molecule has 0 aliphatic rings. The second kappa shape index (κ2) is 7.11. The Morgan fingerprint density at radius 3 is 2.52 bits per heavy atom. The Morgan fingerprint density at radius 1 is 1.14 bits per heavy atom. The number of nitrogens with two attached hydrogens (primary N) is 1. The van der Waals surface area contributed by atoms with Crippen LogP contribution in [-0.2, 0) is 6.42 Å². The Labute approximate surface area is 124 Å². The first kappa shape index (κ1) is 15.4. The largest absolute Gasteiger partial charge is 0.504 e. The molecule has 0 bridgehead atoms. The predicted molar refractivity (Wildman–Crippen MR) is 82.4 cm³/mol. The predicted octanol–water partition coefficient (Wildman–Crippen LogP) is 2.39. The summed E-state index contributed by atoms with van der Waals surface area (Å²) in [6.07, 6.45) is -0.239. The van der Waals surface area contributed by atoms with Gasteiger partial charge < -0.3 is 20.7 Å². The van der Waals surface area contributed by atoms with Crippen molar-refractivity contribution >= 4 is 0 Å². The SMILES string of the molecule is CCOc1cc(C(O)C(N)Cc2ccccc2)ccc1O. The van der Waals surface area contributed by atoms with Crippen molar-refractivity contribution in [3.05, 3.63) is 59.7 Å². The zero-order chi connectivity index (χ0) is 15.2. The van der Waals surface area contributed by atoms with Crippen LogP contribution in [0.15, 0.2) is 48.5 Å². The number of benzene rings is 2. The molecule has 21 heavy (non-hydrogen) atoms. The number of aliphatic hydroxyl groups excluding tert-OH is 1. The average Bonchev–Trinajstić information content (AvgIpc) is 2.50. The standard InChI is InChI=1S/C17H21NO3/c1-2-21-16-11-13(8-9-15(16)19)17(20)14(18)10-12-6-4-3-5-7-12/h3-9,11,14,17,19-20H,2,10,18H2,1H3. The summed E-state index contributed by atoms with van der Waals surface area (Å²) in [6, 6.07) is 14.2. The molecule has 4 nitrogen and oxygen atoms in total. The summed E-state index contributed by atoms with van der Waals surface area (Å²) in [7, 11) is 0. The zero-order valence-corrected chi connectivity index (χ0v) is 12.1. The number of ether oxygens (including phenoxy) is 1. The molecule has 4 heteroatoms. The van der Waals surface area contributed by atoms with E-state index in [4.69, 9.17) is 10.5 Å². The summed E-state index contributed by atoms with van der Waals surface area (Å²) >= 11 is 0. The highest BCUT2D eigenvalue weighted by atomic mass is 16.5. The van der Waals surface area contributed by atoms with Crippen molar-refractivity contribution in [2.45, 2.75) is 25.5 Å². The minimum Gasteiger partial charge on any atom is -0.504 e. The van der Waals surface area contributed by atoms with Crippen LogP contribution < -0.4 is 10.5 Å². The van der Waals surface area contributed by atoms with Gasteiger partial charge in [0.15, 0.2) is 11.5 Å². The molecule has 2 rings (SSSR count). The normalized spacial score (nSPS) is 13.7. The van der Waals surface area contributed by atoms with Gasteiger partial charge >= 0.3 is 0 Å². The monoisotopic (exact) mass is 287 g/mol. The van der Waals surface area contributed by atoms with Gasteiger partial charge in [-0.1, -0.05) is 36.4 Å². The lowest BCUT2D eigenvalue weighted by Gasteiger charge is -2.20. The summed E-state index contributed by atoms with van der Waals surface area (Å²) in [5.74, 6) is 0.422. The van der Waals surface area contributed by atoms with Crippen LogP contribution in [0, 0.1) is 0 Å². The molecule has 0 radical (unpaired) electrons. The highest BCUT2D eigenvalue weighted by molar-refractivity contribution is 5.42. The average molecular weight is 287 g/mol. The van der Waals surface area contributed by atoms with Crippen LogP contribution in [-0.4, -0.2) is 22.9 Å². The van der Waals surface area contributed by atoms with Crippen molar-refractivity contribution in [3.8, 4) is 11.5 Å². The smallest absolute Gasteiger partial charge is 0.161 e. The van der Waals surface area contributed by atoms with Gasteiger partial charge in [-0.2, -0.15) is 0 Å². The number of phenolic OH excluding ortho intramolecular Hbond substituents is 1. The van der Waals surface area contributed by atoms with Crippen molar-refractivity contribution in [2.75, 3.05) is 6.61 Å². The van der Waals surface area contributed by atoms with E-state index < -0.39 is 12.1 Å². The third-order valence-electron chi connectivity index (χ3n) is 3.35. The van der Waals surface area contributed by atoms with E-state index >= 15 is 0 Å². The summed E-state index contributed by atoms with van der Waals surface area (Å²) in [6.45, 7) is 2.28. The zero-order valence-electron chi connectivity index (χ0n) is 12.1. The molecule has 0 heterocycles. The number of aromatic hydroxyl groups is 1. The molecule has 2 atom stereocenters. The fraction of sp³-hybridized carbons (Fsp3) is 0.294. The molecule has 0 saturated carbocycles. The molecular weight excluding hydrogens is 266 g/mol. The van der Waals surface area contributed by atoms with Crippen molar-refractivity contribution in [2.24, 2.45) is 5.73 Å². The molecule has 0 aliphatic heterocycles. The minimum atomic E-state index is -0.815. The van der Waals surface area contributed by atoms with Crippen LogP contribution in [0.1, 0.15) is 24.2 Å². The molecular formula is C17H21NO3. The van der Waals surface area contributed by atoms with Gasteiger partial charge in [0.05, 0.1) is 12.7 Å². The maximum atomic E-state index is 10.4. The lowest BCUT2D eigenvalue weighted by Crippen LogP contribution is -2.30. The van der Waals surface area contributed by atoms with Crippen molar-refractivity contribution < 1.29 is 14.9 Å². The molecule has 0 aromatic heterocycles. The van der Waals surface area contributed by atoms with E-state index in [2.05, 4.69) is 0 Å². The maximum absolute atomic E-state index is 10.4. The molecule has 4 N–H and O–H groups in total. The summed E-state index contributed by atoms with van der Waals surface area (Å²) < 4.78 is 5.32. The number of aliphatic hydroxyl groups is 1. The van der Waals surface area contributed by atoms with Crippen LogP contribution >= 0.6 is 0 Å². The number of rotatable bonds is 6. The second-order valence-electron chi connectivity index (χ2n) is 4.96. The molecule has 0 fully saturated rings. The number of phenols is 1. The van der Waals surface area contributed by atoms with E-state index in [0.717, 1.165) is 5.56 Å². The molecule has 112 valence electrons. The molecule has 0 amide bonds. The van der Waals surface area contributed by atoms with Crippen molar-refractivity contribution in [3.63, 3.8) is 0 Å². The van der Waals surface area contributed by atoms with Gasteiger partial charge in [0.25, 0.3) is 0 Å². The van der Waals surface area contributed by atoms with Crippen molar-refractivity contribution in [1.82, 2.24) is 0 Å². The highest BCUT2D eigenvalue weighted by Gasteiger charge is 2.19. The van der Waals surface area contributed by atoms with E-state index in [9.17, 15) is 10.2 Å². The number of hydrogen-bond donors (Lipinski definition) is 3. The van der Waals surface area contributed by atoms with E-state index in [1.807, 2.05) is 37.3 Å². The third kappa shape index (κ3) is 3.97. The summed E-state index contributed by atoms with van der Waals surface area (Å²) in [5.41, 5.74) is 7.81. The van der Waals surface area contributed by atoms with E-state index in [1.54, 1.807) is 12.1 Å². The Balaban J connectivity index is 2.11. The van der Waals surface area contributed by atoms with Crippen LogP contribution in [0.25, 0.3) is 0 Å². The van der Waals surface area contributed by atoms with Gasteiger partial charge in [-0.15, -0.1) is 0 Å². The topological polar surface area (TPSA) is 75.7 Å².